The molecule has 1 aromatic heterocycles. The Labute approximate surface area is 98.8 Å². The Hall–Kier alpha value is -1.69. The van der Waals surface area contributed by atoms with Crippen molar-refractivity contribution in [1.29, 1.82) is 0 Å². The minimum atomic E-state index is -1.09. The lowest BCUT2D eigenvalue weighted by Crippen LogP contribution is -2.36. The van der Waals surface area contributed by atoms with E-state index in [4.69, 9.17) is 15.6 Å². The van der Waals surface area contributed by atoms with Crippen molar-refractivity contribution in [3.63, 3.8) is 0 Å². The molecule has 1 aromatic rings. The zero-order chi connectivity index (χ0) is 12.4. The molecular formula is C11H15N3O3. The largest absolute Gasteiger partial charge is 0.480 e. The highest BCUT2D eigenvalue weighted by Gasteiger charge is 2.27. The maximum absolute atomic E-state index is 10.5. The highest BCUT2D eigenvalue weighted by Crippen LogP contribution is 2.38. The fourth-order valence-electron chi connectivity index (χ4n) is 1.41. The summed E-state index contributed by atoms with van der Waals surface area (Å²) in [6, 6.07) is 0.648. The van der Waals surface area contributed by atoms with Crippen molar-refractivity contribution in [3.05, 3.63) is 17.6 Å². The van der Waals surface area contributed by atoms with Crippen LogP contribution in [0.25, 0.3) is 0 Å². The number of aryl methyl sites for hydroxylation is 1. The predicted octanol–water partition coefficient (Wildman–Crippen LogP) is 0.453. The average Bonchev–Trinajstić information content (AvgIpc) is 3.08. The highest BCUT2D eigenvalue weighted by molar-refractivity contribution is 5.73. The van der Waals surface area contributed by atoms with Crippen molar-refractivity contribution in [2.75, 3.05) is 6.61 Å². The molecule has 92 valence electrons. The summed E-state index contributed by atoms with van der Waals surface area (Å²) in [4.78, 5) is 19.1. The van der Waals surface area contributed by atoms with Gasteiger partial charge in [-0.2, -0.15) is 4.98 Å². The van der Waals surface area contributed by atoms with Gasteiger partial charge in [-0.1, -0.05) is 0 Å². The molecule has 0 aliphatic heterocycles. The van der Waals surface area contributed by atoms with E-state index in [0.29, 0.717) is 11.8 Å². The number of carboxylic acid groups (broad SMARTS) is 1. The van der Waals surface area contributed by atoms with Crippen molar-refractivity contribution in [2.45, 2.75) is 31.7 Å². The summed E-state index contributed by atoms with van der Waals surface area (Å²) < 4.78 is 5.27. The van der Waals surface area contributed by atoms with Gasteiger partial charge in [0.25, 0.3) is 0 Å². The molecule has 1 aliphatic carbocycles. The van der Waals surface area contributed by atoms with Crippen LogP contribution in [0.4, 0.5) is 0 Å². The van der Waals surface area contributed by atoms with Crippen LogP contribution in [0.1, 0.15) is 30.3 Å². The summed E-state index contributed by atoms with van der Waals surface area (Å²) in [5.74, 6) is 0.531. The Morgan fingerprint density at radius 1 is 1.65 bits per heavy atom. The van der Waals surface area contributed by atoms with E-state index in [9.17, 15) is 4.79 Å². The quantitative estimate of drug-likeness (QED) is 0.771. The summed E-state index contributed by atoms with van der Waals surface area (Å²) in [5, 5.41) is 8.63. The lowest BCUT2D eigenvalue weighted by atomic mass is 10.3. The minimum Gasteiger partial charge on any atom is -0.480 e. The third-order valence-electron chi connectivity index (χ3n) is 2.52. The maximum atomic E-state index is 10.5. The van der Waals surface area contributed by atoms with Crippen LogP contribution in [-0.4, -0.2) is 33.7 Å². The molecule has 0 spiro atoms. The standard InChI is InChI=1S/C11H15N3O3/c1-6-4-9(17-5-8(12)11(15)16)14-10(13-6)7-2-3-7/h4,7-8H,2-3,5,12H2,1H3,(H,15,16). The van der Waals surface area contributed by atoms with Crippen LogP contribution in [-0.2, 0) is 4.79 Å². The Kier molecular flexibility index (Phi) is 3.23. The molecular weight excluding hydrogens is 222 g/mol. The molecule has 0 aromatic carbocycles. The fraction of sp³-hybridized carbons (Fsp3) is 0.545. The monoisotopic (exact) mass is 237 g/mol. The Bertz CT molecular complexity index is 432. The maximum Gasteiger partial charge on any atom is 0.324 e. The van der Waals surface area contributed by atoms with Crippen LogP contribution in [0, 0.1) is 6.92 Å². The second kappa shape index (κ2) is 4.67. The van der Waals surface area contributed by atoms with Gasteiger partial charge in [0.2, 0.25) is 5.88 Å². The van der Waals surface area contributed by atoms with E-state index < -0.39 is 12.0 Å². The third-order valence-corrected chi connectivity index (χ3v) is 2.52. The number of carboxylic acids is 1. The molecule has 1 aliphatic rings. The van der Waals surface area contributed by atoms with E-state index in [1.54, 1.807) is 6.07 Å². The van der Waals surface area contributed by atoms with Gasteiger partial charge >= 0.3 is 5.97 Å². The number of hydrogen-bond acceptors (Lipinski definition) is 5. The molecule has 1 heterocycles. The van der Waals surface area contributed by atoms with E-state index >= 15 is 0 Å². The first-order chi connectivity index (χ1) is 8.06. The third kappa shape index (κ3) is 3.13. The Morgan fingerprint density at radius 3 is 2.94 bits per heavy atom. The molecule has 0 radical (unpaired) electrons. The molecule has 0 bridgehead atoms. The van der Waals surface area contributed by atoms with E-state index in [-0.39, 0.29) is 6.61 Å². The van der Waals surface area contributed by atoms with Crippen molar-refractivity contribution >= 4 is 5.97 Å². The normalized spacial score (nSPS) is 16.6. The van der Waals surface area contributed by atoms with Gasteiger partial charge in [-0.25, -0.2) is 4.98 Å². The molecule has 6 nitrogen and oxygen atoms in total. The van der Waals surface area contributed by atoms with Crippen molar-refractivity contribution in [3.8, 4) is 5.88 Å². The number of rotatable bonds is 5. The Morgan fingerprint density at radius 2 is 2.35 bits per heavy atom. The zero-order valence-electron chi connectivity index (χ0n) is 9.59. The summed E-state index contributed by atoms with van der Waals surface area (Å²) in [7, 11) is 0. The van der Waals surface area contributed by atoms with Crippen molar-refractivity contribution in [1.82, 2.24) is 9.97 Å². The SMILES string of the molecule is Cc1cc(OCC(N)C(=O)O)nc(C2CC2)n1. The van der Waals surface area contributed by atoms with E-state index in [0.717, 1.165) is 24.4 Å². The van der Waals surface area contributed by atoms with Crippen LogP contribution >= 0.6 is 0 Å². The molecule has 3 N–H and O–H groups in total. The second-order valence-electron chi connectivity index (χ2n) is 4.24. The van der Waals surface area contributed by atoms with Gasteiger partial charge < -0.3 is 15.6 Å². The predicted molar refractivity (Wildman–Crippen MR) is 59.9 cm³/mol. The van der Waals surface area contributed by atoms with Gasteiger partial charge in [-0.05, 0) is 19.8 Å². The number of carbonyl (C=O) groups is 1. The van der Waals surface area contributed by atoms with Gasteiger partial charge in [-0.3, -0.25) is 4.79 Å². The van der Waals surface area contributed by atoms with E-state index in [2.05, 4.69) is 9.97 Å². The van der Waals surface area contributed by atoms with Crippen LogP contribution in [0.5, 0.6) is 5.88 Å². The second-order valence-corrected chi connectivity index (χ2v) is 4.24. The molecule has 1 fully saturated rings. The average molecular weight is 237 g/mol. The minimum absolute atomic E-state index is 0.0874. The molecule has 17 heavy (non-hydrogen) atoms. The van der Waals surface area contributed by atoms with Gasteiger partial charge in [0.05, 0.1) is 0 Å². The van der Waals surface area contributed by atoms with Gasteiger partial charge in [0.1, 0.15) is 18.5 Å². The molecule has 2 rings (SSSR count). The first kappa shape index (κ1) is 11.8. The van der Waals surface area contributed by atoms with E-state index in [1.807, 2.05) is 6.92 Å². The molecule has 1 saturated carbocycles. The first-order valence-electron chi connectivity index (χ1n) is 5.53. The first-order valence-corrected chi connectivity index (χ1v) is 5.53. The van der Waals surface area contributed by atoms with Crippen molar-refractivity contribution < 1.29 is 14.6 Å². The van der Waals surface area contributed by atoms with Crippen LogP contribution in [0.15, 0.2) is 6.07 Å². The summed E-state index contributed by atoms with van der Waals surface area (Å²) in [5.41, 5.74) is 6.16. The number of hydrogen-bond donors (Lipinski definition) is 2. The molecule has 1 unspecified atom stereocenters. The van der Waals surface area contributed by atoms with Crippen molar-refractivity contribution in [2.24, 2.45) is 5.73 Å². The van der Waals surface area contributed by atoms with E-state index in [1.165, 1.54) is 0 Å². The number of nitrogens with zero attached hydrogens (tertiary/aromatic N) is 2. The summed E-state index contributed by atoms with van der Waals surface area (Å²) in [6.45, 7) is 1.77. The molecule has 0 amide bonds. The van der Waals surface area contributed by atoms with Crippen LogP contribution in [0.2, 0.25) is 0 Å². The molecule has 0 saturated heterocycles. The van der Waals surface area contributed by atoms with Crippen LogP contribution in [0.3, 0.4) is 0 Å². The molecule has 1 atom stereocenters. The number of aromatic nitrogens is 2. The lowest BCUT2D eigenvalue weighted by molar-refractivity contribution is -0.139. The highest BCUT2D eigenvalue weighted by atomic mass is 16.5. The van der Waals surface area contributed by atoms with Gasteiger partial charge in [0.15, 0.2) is 0 Å². The Balaban J connectivity index is 2.02. The molecule has 6 heteroatoms. The number of nitrogens with two attached hydrogens (primary N) is 1. The number of aliphatic carboxylic acids is 1. The van der Waals surface area contributed by atoms with Gasteiger partial charge in [0, 0.05) is 17.7 Å². The smallest absolute Gasteiger partial charge is 0.324 e. The summed E-state index contributed by atoms with van der Waals surface area (Å²) >= 11 is 0. The zero-order valence-corrected chi connectivity index (χ0v) is 9.59. The number of ether oxygens (including phenoxy) is 1. The fourth-order valence-corrected chi connectivity index (χ4v) is 1.41. The van der Waals surface area contributed by atoms with Crippen LogP contribution < -0.4 is 10.5 Å². The van der Waals surface area contributed by atoms with Gasteiger partial charge in [-0.15, -0.1) is 0 Å². The topological polar surface area (TPSA) is 98.3 Å². The lowest BCUT2D eigenvalue weighted by Gasteiger charge is -2.09. The summed E-state index contributed by atoms with van der Waals surface area (Å²) in [6.07, 6.45) is 2.22.